The van der Waals surface area contributed by atoms with Crippen LogP contribution in [-0.2, 0) is 4.79 Å². The fourth-order valence-corrected chi connectivity index (χ4v) is 4.33. The zero-order valence-corrected chi connectivity index (χ0v) is 18.2. The number of primary amides is 1. The summed E-state index contributed by atoms with van der Waals surface area (Å²) in [5.74, 6) is 0.0948. The van der Waals surface area contributed by atoms with E-state index in [0.717, 1.165) is 12.0 Å². The van der Waals surface area contributed by atoms with E-state index >= 15 is 0 Å². The summed E-state index contributed by atoms with van der Waals surface area (Å²) in [5.41, 5.74) is 8.62. The van der Waals surface area contributed by atoms with E-state index in [1.165, 1.54) is 18.2 Å². The number of aromatic amines is 1. The summed E-state index contributed by atoms with van der Waals surface area (Å²) in [5, 5.41) is 3.09. The van der Waals surface area contributed by atoms with Gasteiger partial charge in [-0.25, -0.2) is 13.9 Å². The van der Waals surface area contributed by atoms with E-state index in [4.69, 9.17) is 15.5 Å². The van der Waals surface area contributed by atoms with Gasteiger partial charge in [0.25, 0.3) is 5.91 Å². The summed E-state index contributed by atoms with van der Waals surface area (Å²) >= 11 is 0. The van der Waals surface area contributed by atoms with Crippen molar-refractivity contribution in [1.29, 1.82) is 0 Å². The van der Waals surface area contributed by atoms with E-state index < -0.39 is 5.91 Å². The van der Waals surface area contributed by atoms with E-state index in [9.17, 15) is 14.0 Å². The molecule has 9 heteroatoms. The minimum Gasteiger partial charge on any atom is -0.457 e. The Kier molecular flexibility index (Phi) is 5.37. The van der Waals surface area contributed by atoms with Gasteiger partial charge < -0.3 is 15.4 Å². The van der Waals surface area contributed by atoms with Crippen molar-refractivity contribution in [3.05, 3.63) is 84.5 Å². The number of imidazole rings is 1. The molecule has 4 aromatic rings. The molecule has 0 aliphatic carbocycles. The van der Waals surface area contributed by atoms with E-state index in [1.54, 1.807) is 45.8 Å². The number of aromatic nitrogens is 3. The van der Waals surface area contributed by atoms with Crippen LogP contribution in [0.2, 0.25) is 0 Å². The van der Waals surface area contributed by atoms with Crippen LogP contribution >= 0.6 is 0 Å². The Hall–Kier alpha value is -4.40. The highest BCUT2D eigenvalue weighted by Gasteiger charge is 2.30. The van der Waals surface area contributed by atoms with Gasteiger partial charge in [0.2, 0.25) is 5.91 Å². The maximum absolute atomic E-state index is 13.1. The molecule has 3 heterocycles. The average Bonchev–Trinajstić information content (AvgIpc) is 3.55. The Labute approximate surface area is 194 Å². The number of nitrogens with one attached hydrogen (secondary N) is 1. The second-order valence-corrected chi connectivity index (χ2v) is 8.12. The fraction of sp³-hybridized carbons (Fsp3) is 0.160. The molecule has 0 bridgehead atoms. The number of hydrogen-bond acceptors (Lipinski definition) is 4. The number of ether oxygens (including phenoxy) is 1. The van der Waals surface area contributed by atoms with E-state index in [0.29, 0.717) is 41.5 Å². The SMILES string of the molecule is C=CC(=O)N1CCC(c2c[nH]n3c(C(N)=O)c(-c4ccc(Oc5ccc(F)cc5)cc4)nc23)C1. The minimum atomic E-state index is -0.613. The van der Waals surface area contributed by atoms with Crippen LogP contribution in [-0.4, -0.2) is 44.4 Å². The number of carbonyl (C=O) groups excluding carboxylic acids is 2. The highest BCUT2D eigenvalue weighted by atomic mass is 19.1. The largest absolute Gasteiger partial charge is 0.457 e. The molecule has 2 aromatic heterocycles. The van der Waals surface area contributed by atoms with E-state index in [1.807, 2.05) is 6.20 Å². The van der Waals surface area contributed by atoms with Crippen LogP contribution in [0.15, 0.2) is 67.4 Å². The van der Waals surface area contributed by atoms with Gasteiger partial charge in [-0.05, 0) is 61.0 Å². The Balaban J connectivity index is 1.46. The molecule has 3 N–H and O–H groups in total. The molecule has 8 nitrogen and oxygen atoms in total. The number of H-pyrrole nitrogens is 1. The summed E-state index contributed by atoms with van der Waals surface area (Å²) < 4.78 is 20.4. The van der Waals surface area contributed by atoms with Crippen LogP contribution in [0.25, 0.3) is 16.9 Å². The standard InChI is InChI=1S/C25H22FN5O3/c1-2-21(32)30-12-11-16(14-30)20-13-28-31-23(24(27)33)22(29-25(20)31)15-3-7-18(8-4-15)34-19-9-5-17(26)6-10-19/h2-10,13,16,28H,1,11-12,14H2,(H2,27,33). The number of likely N-dealkylation sites (tertiary alicyclic amines) is 1. The molecule has 1 aliphatic rings. The van der Waals surface area contributed by atoms with Gasteiger partial charge in [-0.2, -0.15) is 0 Å². The Morgan fingerprint density at radius 1 is 1.15 bits per heavy atom. The van der Waals surface area contributed by atoms with E-state index in [2.05, 4.69) is 11.7 Å². The number of nitrogens with two attached hydrogens (primary N) is 1. The molecule has 0 spiro atoms. The molecule has 0 radical (unpaired) electrons. The number of amides is 2. The van der Waals surface area contributed by atoms with Gasteiger partial charge in [0.1, 0.15) is 23.0 Å². The first-order valence-corrected chi connectivity index (χ1v) is 10.8. The monoisotopic (exact) mass is 459 g/mol. The number of rotatable bonds is 6. The zero-order valence-electron chi connectivity index (χ0n) is 18.2. The first kappa shape index (κ1) is 21.4. The molecule has 2 aromatic carbocycles. The summed E-state index contributed by atoms with van der Waals surface area (Å²) in [6.45, 7) is 4.75. The highest BCUT2D eigenvalue weighted by molar-refractivity contribution is 5.98. The third kappa shape index (κ3) is 3.81. The Morgan fingerprint density at radius 3 is 2.47 bits per heavy atom. The molecular formula is C25H22FN5O3. The zero-order chi connectivity index (χ0) is 23.8. The number of benzene rings is 2. The lowest BCUT2D eigenvalue weighted by Crippen LogP contribution is -2.26. The van der Waals surface area contributed by atoms with Gasteiger partial charge in [0.05, 0.1) is 0 Å². The quantitative estimate of drug-likeness (QED) is 0.427. The predicted octanol–water partition coefficient (Wildman–Crippen LogP) is 3.86. The van der Waals surface area contributed by atoms with Crippen LogP contribution in [0, 0.1) is 5.82 Å². The fourth-order valence-electron chi connectivity index (χ4n) is 4.33. The van der Waals surface area contributed by atoms with Crippen LogP contribution in [0.4, 0.5) is 4.39 Å². The van der Waals surface area contributed by atoms with Crippen LogP contribution in [0.1, 0.15) is 28.4 Å². The summed E-state index contributed by atoms with van der Waals surface area (Å²) in [7, 11) is 0. The summed E-state index contributed by atoms with van der Waals surface area (Å²) in [4.78, 5) is 30.8. The first-order valence-electron chi connectivity index (χ1n) is 10.8. The first-order chi connectivity index (χ1) is 16.4. The second kappa shape index (κ2) is 8.51. The van der Waals surface area contributed by atoms with Crippen LogP contribution < -0.4 is 10.5 Å². The highest BCUT2D eigenvalue weighted by Crippen LogP contribution is 2.34. The third-order valence-corrected chi connectivity index (χ3v) is 6.01. The molecular weight excluding hydrogens is 437 g/mol. The van der Waals surface area contributed by atoms with Gasteiger partial charge in [-0.3, -0.25) is 14.7 Å². The van der Waals surface area contributed by atoms with Crippen molar-refractivity contribution in [3.63, 3.8) is 0 Å². The van der Waals surface area contributed by atoms with Gasteiger partial charge >= 0.3 is 0 Å². The average molecular weight is 459 g/mol. The Morgan fingerprint density at radius 2 is 1.82 bits per heavy atom. The molecule has 1 aliphatic heterocycles. The van der Waals surface area contributed by atoms with Crippen molar-refractivity contribution < 1.29 is 18.7 Å². The third-order valence-electron chi connectivity index (χ3n) is 6.01. The molecule has 2 amide bonds. The van der Waals surface area contributed by atoms with Gasteiger partial charge in [-0.15, -0.1) is 0 Å². The summed E-state index contributed by atoms with van der Waals surface area (Å²) in [6, 6.07) is 12.8. The lowest BCUT2D eigenvalue weighted by Gasteiger charge is -2.13. The van der Waals surface area contributed by atoms with E-state index in [-0.39, 0.29) is 23.3 Å². The molecule has 1 saturated heterocycles. The predicted molar refractivity (Wildman–Crippen MR) is 124 cm³/mol. The van der Waals surface area contributed by atoms with Gasteiger partial charge in [0.15, 0.2) is 11.3 Å². The number of halogens is 1. The molecule has 172 valence electrons. The molecule has 34 heavy (non-hydrogen) atoms. The second-order valence-electron chi connectivity index (χ2n) is 8.12. The van der Waals surface area contributed by atoms with Crippen molar-refractivity contribution in [3.8, 4) is 22.8 Å². The van der Waals surface area contributed by atoms with Gasteiger partial charge in [-0.1, -0.05) is 6.58 Å². The lowest BCUT2D eigenvalue weighted by atomic mass is 10.0. The smallest absolute Gasteiger partial charge is 0.269 e. The van der Waals surface area contributed by atoms with Crippen molar-refractivity contribution >= 4 is 17.5 Å². The van der Waals surface area contributed by atoms with Gasteiger partial charge in [0, 0.05) is 36.3 Å². The lowest BCUT2D eigenvalue weighted by molar-refractivity contribution is -0.125. The topological polar surface area (TPSA) is 106 Å². The minimum absolute atomic E-state index is 0.0834. The van der Waals surface area contributed by atoms with Crippen molar-refractivity contribution in [2.75, 3.05) is 13.1 Å². The maximum atomic E-state index is 13.1. The summed E-state index contributed by atoms with van der Waals surface area (Å²) in [6.07, 6.45) is 3.92. The molecule has 1 fully saturated rings. The number of nitrogens with zero attached hydrogens (tertiary/aromatic N) is 3. The molecule has 1 unspecified atom stereocenters. The van der Waals surface area contributed by atoms with Crippen molar-refractivity contribution in [1.82, 2.24) is 19.5 Å². The Bertz CT molecular complexity index is 1390. The number of carbonyl (C=O) groups is 2. The molecule has 1 atom stereocenters. The van der Waals surface area contributed by atoms with Crippen molar-refractivity contribution in [2.45, 2.75) is 12.3 Å². The number of fused-ring (bicyclic) bond motifs is 1. The van der Waals surface area contributed by atoms with Crippen molar-refractivity contribution in [2.24, 2.45) is 5.73 Å². The van der Waals surface area contributed by atoms with Crippen LogP contribution in [0.5, 0.6) is 11.5 Å². The van der Waals surface area contributed by atoms with Crippen LogP contribution in [0.3, 0.4) is 0 Å². The number of hydrogen-bond donors (Lipinski definition) is 2. The normalized spacial score (nSPS) is 15.6. The molecule has 0 saturated carbocycles. The maximum Gasteiger partial charge on any atom is 0.269 e. The molecule has 5 rings (SSSR count).